The SMILES string of the molecule is CC1Oc2ccc(CNC3CCCc4ccccc43)cc2NC1=O. The van der Waals surface area contributed by atoms with Crippen LogP contribution >= 0.6 is 0 Å². The lowest BCUT2D eigenvalue weighted by atomic mass is 9.87. The molecular formula is C20H22N2O2. The second kappa shape index (κ2) is 6.29. The molecule has 124 valence electrons. The van der Waals surface area contributed by atoms with E-state index in [0.29, 0.717) is 6.04 Å². The Hall–Kier alpha value is -2.33. The van der Waals surface area contributed by atoms with E-state index in [2.05, 4.69) is 41.0 Å². The lowest BCUT2D eigenvalue weighted by molar-refractivity contribution is -0.122. The van der Waals surface area contributed by atoms with Gasteiger partial charge >= 0.3 is 0 Å². The smallest absolute Gasteiger partial charge is 0.265 e. The van der Waals surface area contributed by atoms with Crippen molar-refractivity contribution in [3.63, 3.8) is 0 Å². The van der Waals surface area contributed by atoms with Crippen molar-refractivity contribution in [1.82, 2.24) is 5.32 Å². The number of aryl methyl sites for hydroxylation is 1. The predicted molar refractivity (Wildman–Crippen MR) is 94.1 cm³/mol. The van der Waals surface area contributed by atoms with Gasteiger partial charge in [0.05, 0.1) is 5.69 Å². The number of hydrogen-bond acceptors (Lipinski definition) is 3. The largest absolute Gasteiger partial charge is 0.479 e. The lowest BCUT2D eigenvalue weighted by Gasteiger charge is -2.27. The zero-order valence-electron chi connectivity index (χ0n) is 13.8. The van der Waals surface area contributed by atoms with Gasteiger partial charge in [-0.25, -0.2) is 0 Å². The van der Waals surface area contributed by atoms with Gasteiger partial charge in [-0.15, -0.1) is 0 Å². The summed E-state index contributed by atoms with van der Waals surface area (Å²) < 4.78 is 5.61. The Morgan fingerprint density at radius 2 is 2.12 bits per heavy atom. The maximum Gasteiger partial charge on any atom is 0.265 e. The zero-order chi connectivity index (χ0) is 16.5. The van der Waals surface area contributed by atoms with Crippen molar-refractivity contribution in [2.24, 2.45) is 0 Å². The summed E-state index contributed by atoms with van der Waals surface area (Å²) in [6.07, 6.45) is 3.13. The summed E-state index contributed by atoms with van der Waals surface area (Å²) in [5, 5.41) is 6.58. The van der Waals surface area contributed by atoms with E-state index in [1.807, 2.05) is 12.1 Å². The summed E-state index contributed by atoms with van der Waals surface area (Å²) in [5.41, 5.74) is 4.80. The molecular weight excluding hydrogens is 300 g/mol. The fourth-order valence-corrected chi connectivity index (χ4v) is 3.57. The fourth-order valence-electron chi connectivity index (χ4n) is 3.57. The van der Waals surface area contributed by atoms with Crippen LogP contribution in [0, 0.1) is 0 Å². The monoisotopic (exact) mass is 322 g/mol. The molecule has 1 heterocycles. The van der Waals surface area contributed by atoms with E-state index in [-0.39, 0.29) is 5.91 Å². The Bertz CT molecular complexity index is 772. The normalized spacial score (nSPS) is 22.1. The molecule has 0 saturated carbocycles. The third-order valence-electron chi connectivity index (χ3n) is 4.90. The molecule has 2 aromatic rings. The predicted octanol–water partition coefficient (Wildman–Crippen LogP) is 3.57. The molecule has 2 atom stereocenters. The van der Waals surface area contributed by atoms with E-state index >= 15 is 0 Å². The molecule has 1 aliphatic heterocycles. The van der Waals surface area contributed by atoms with E-state index in [1.165, 1.54) is 30.4 Å². The van der Waals surface area contributed by atoms with Gasteiger partial charge in [-0.3, -0.25) is 4.79 Å². The zero-order valence-corrected chi connectivity index (χ0v) is 13.8. The highest BCUT2D eigenvalue weighted by molar-refractivity contribution is 5.97. The first kappa shape index (κ1) is 15.2. The lowest BCUT2D eigenvalue weighted by Crippen LogP contribution is -2.34. The number of anilines is 1. The summed E-state index contributed by atoms with van der Waals surface area (Å²) in [7, 11) is 0. The average Bonchev–Trinajstić information content (AvgIpc) is 2.61. The van der Waals surface area contributed by atoms with Crippen LogP contribution in [-0.4, -0.2) is 12.0 Å². The third kappa shape index (κ3) is 2.89. The Morgan fingerprint density at radius 1 is 1.25 bits per heavy atom. The Morgan fingerprint density at radius 3 is 3.04 bits per heavy atom. The Labute approximate surface area is 142 Å². The molecule has 1 aliphatic carbocycles. The quantitative estimate of drug-likeness (QED) is 0.908. The number of hydrogen-bond donors (Lipinski definition) is 2. The van der Waals surface area contributed by atoms with Gasteiger partial charge in [-0.1, -0.05) is 30.3 Å². The Kier molecular flexibility index (Phi) is 3.98. The molecule has 0 fully saturated rings. The van der Waals surface area contributed by atoms with Gasteiger partial charge in [0.2, 0.25) is 0 Å². The second-order valence-electron chi connectivity index (χ2n) is 6.60. The van der Waals surface area contributed by atoms with E-state index in [4.69, 9.17) is 4.74 Å². The number of benzene rings is 2. The average molecular weight is 322 g/mol. The molecule has 1 amide bonds. The van der Waals surface area contributed by atoms with Crippen molar-refractivity contribution in [1.29, 1.82) is 0 Å². The number of ether oxygens (including phenoxy) is 1. The molecule has 0 bridgehead atoms. The topological polar surface area (TPSA) is 50.4 Å². The third-order valence-corrected chi connectivity index (χ3v) is 4.90. The van der Waals surface area contributed by atoms with Crippen LogP contribution < -0.4 is 15.4 Å². The van der Waals surface area contributed by atoms with Crippen molar-refractivity contribution >= 4 is 11.6 Å². The van der Waals surface area contributed by atoms with Crippen molar-refractivity contribution in [2.45, 2.75) is 44.9 Å². The summed E-state index contributed by atoms with van der Waals surface area (Å²) >= 11 is 0. The van der Waals surface area contributed by atoms with Gasteiger partial charge in [0.15, 0.2) is 6.10 Å². The molecule has 4 heteroatoms. The van der Waals surface area contributed by atoms with Gasteiger partial charge in [0, 0.05) is 12.6 Å². The van der Waals surface area contributed by atoms with Crippen LogP contribution in [0.15, 0.2) is 42.5 Å². The molecule has 2 N–H and O–H groups in total. The van der Waals surface area contributed by atoms with Crippen molar-refractivity contribution < 1.29 is 9.53 Å². The van der Waals surface area contributed by atoms with Gasteiger partial charge in [0.1, 0.15) is 5.75 Å². The van der Waals surface area contributed by atoms with Crippen LogP contribution in [0.3, 0.4) is 0 Å². The standard InChI is InChI=1S/C20H22N2O2/c1-13-20(23)22-18-11-14(9-10-19(18)24-13)12-21-17-8-4-6-15-5-2-3-7-16(15)17/h2-3,5,7,9-11,13,17,21H,4,6,8,12H2,1H3,(H,22,23). The number of fused-ring (bicyclic) bond motifs is 2. The number of rotatable bonds is 3. The van der Waals surface area contributed by atoms with Gasteiger partial charge in [0.25, 0.3) is 5.91 Å². The van der Waals surface area contributed by atoms with Crippen LogP contribution in [0.25, 0.3) is 0 Å². The minimum Gasteiger partial charge on any atom is -0.479 e. The molecule has 0 radical (unpaired) electrons. The molecule has 24 heavy (non-hydrogen) atoms. The highest BCUT2D eigenvalue weighted by Crippen LogP contribution is 2.32. The van der Waals surface area contributed by atoms with E-state index in [0.717, 1.165) is 23.5 Å². The molecule has 2 aliphatic rings. The molecule has 0 aromatic heterocycles. The molecule has 0 saturated heterocycles. The van der Waals surface area contributed by atoms with Crippen LogP contribution in [0.1, 0.15) is 42.5 Å². The number of amides is 1. The van der Waals surface area contributed by atoms with Crippen LogP contribution in [0.4, 0.5) is 5.69 Å². The van der Waals surface area contributed by atoms with Crippen LogP contribution in [0.5, 0.6) is 5.75 Å². The minimum atomic E-state index is -0.430. The number of carbonyl (C=O) groups is 1. The minimum absolute atomic E-state index is 0.0891. The first-order chi connectivity index (χ1) is 11.7. The van der Waals surface area contributed by atoms with Gasteiger partial charge in [-0.2, -0.15) is 0 Å². The molecule has 4 nitrogen and oxygen atoms in total. The highest BCUT2D eigenvalue weighted by atomic mass is 16.5. The highest BCUT2D eigenvalue weighted by Gasteiger charge is 2.24. The Balaban J connectivity index is 1.48. The van der Waals surface area contributed by atoms with Crippen LogP contribution in [0.2, 0.25) is 0 Å². The first-order valence-corrected chi connectivity index (χ1v) is 8.62. The maximum atomic E-state index is 11.8. The van der Waals surface area contributed by atoms with E-state index in [1.54, 1.807) is 6.92 Å². The summed E-state index contributed by atoms with van der Waals surface area (Å²) in [6.45, 7) is 2.53. The summed E-state index contributed by atoms with van der Waals surface area (Å²) in [5.74, 6) is 0.655. The second-order valence-corrected chi connectivity index (χ2v) is 6.60. The first-order valence-electron chi connectivity index (χ1n) is 8.62. The maximum absolute atomic E-state index is 11.8. The fraction of sp³-hybridized carbons (Fsp3) is 0.350. The van der Waals surface area contributed by atoms with Crippen molar-refractivity contribution in [3.05, 3.63) is 59.2 Å². The number of nitrogens with one attached hydrogen (secondary N) is 2. The summed E-state index contributed by atoms with van der Waals surface area (Å²) in [6, 6.07) is 15.1. The summed E-state index contributed by atoms with van der Waals surface area (Å²) in [4.78, 5) is 11.8. The van der Waals surface area contributed by atoms with Crippen LogP contribution in [-0.2, 0) is 17.8 Å². The molecule has 2 unspecified atom stereocenters. The number of carbonyl (C=O) groups excluding carboxylic acids is 1. The van der Waals surface area contributed by atoms with E-state index < -0.39 is 6.10 Å². The van der Waals surface area contributed by atoms with Gasteiger partial charge < -0.3 is 15.4 Å². The van der Waals surface area contributed by atoms with Crippen molar-refractivity contribution in [2.75, 3.05) is 5.32 Å². The van der Waals surface area contributed by atoms with Gasteiger partial charge in [-0.05, 0) is 55.0 Å². The van der Waals surface area contributed by atoms with Crippen molar-refractivity contribution in [3.8, 4) is 5.75 Å². The molecule has 4 rings (SSSR count). The molecule has 2 aromatic carbocycles. The van der Waals surface area contributed by atoms with E-state index in [9.17, 15) is 4.79 Å². The molecule has 0 spiro atoms.